The molecule has 2 aliphatic heterocycles. The summed E-state index contributed by atoms with van der Waals surface area (Å²) < 4.78 is 32.3. The largest absolute Gasteiger partial charge is 0.491 e. The first-order valence-electron chi connectivity index (χ1n) is 11.6. The van der Waals surface area contributed by atoms with E-state index >= 15 is 0 Å². The summed E-state index contributed by atoms with van der Waals surface area (Å²) in [5.41, 5.74) is 10.3. The lowest BCUT2D eigenvalue weighted by atomic mass is 9.99. The van der Waals surface area contributed by atoms with Crippen LogP contribution in [0.2, 0.25) is 0 Å². The number of nitrogens with zero attached hydrogens (tertiary/aromatic N) is 3. The molecule has 5 N–H and O–H groups in total. The van der Waals surface area contributed by atoms with Crippen molar-refractivity contribution in [3.8, 4) is 5.75 Å². The normalized spacial score (nSPS) is 19.9. The summed E-state index contributed by atoms with van der Waals surface area (Å²) in [6, 6.07) is 12.9. The van der Waals surface area contributed by atoms with Crippen LogP contribution < -0.4 is 15.2 Å². The lowest BCUT2D eigenvalue weighted by Gasteiger charge is -2.36. The molecule has 2 aromatic carbocycles. The van der Waals surface area contributed by atoms with Crippen molar-refractivity contribution in [3.63, 3.8) is 0 Å². The number of aromatic nitrogens is 1. The van der Waals surface area contributed by atoms with E-state index in [0.29, 0.717) is 29.1 Å². The summed E-state index contributed by atoms with van der Waals surface area (Å²) in [5.74, 6) is 0.455. The van der Waals surface area contributed by atoms with Crippen LogP contribution in [0.4, 0.5) is 5.69 Å². The van der Waals surface area contributed by atoms with Crippen molar-refractivity contribution in [3.05, 3.63) is 64.8 Å². The molecule has 1 fully saturated rings. The molecule has 0 aliphatic carbocycles. The number of hydrogen-bond acceptors (Lipinski definition) is 8. The molecule has 0 saturated carbocycles. The third kappa shape index (κ3) is 4.64. The van der Waals surface area contributed by atoms with Crippen LogP contribution >= 0.6 is 11.0 Å². The van der Waals surface area contributed by atoms with Gasteiger partial charge in [-0.15, -0.1) is 4.40 Å². The lowest BCUT2D eigenvalue weighted by molar-refractivity contribution is 0.0530. The third-order valence-electron chi connectivity index (χ3n) is 6.40. The average molecular weight is 496 g/mol. The Morgan fingerprint density at radius 3 is 2.89 bits per heavy atom. The fraction of sp³-hybridized carbons (Fsp3) is 0.320. The van der Waals surface area contributed by atoms with E-state index in [1.54, 1.807) is 18.2 Å². The van der Waals surface area contributed by atoms with Gasteiger partial charge in [0.15, 0.2) is 5.84 Å². The maximum atomic E-state index is 13.8. The molecule has 0 bridgehead atoms. The fourth-order valence-electron chi connectivity index (χ4n) is 4.78. The van der Waals surface area contributed by atoms with Gasteiger partial charge in [-0.05, 0) is 74.4 Å². The van der Waals surface area contributed by atoms with Gasteiger partial charge in [-0.25, -0.2) is 0 Å². The Labute approximate surface area is 205 Å². The summed E-state index contributed by atoms with van der Waals surface area (Å²) in [5, 5.41) is 0.858. The molecule has 3 aromatic rings. The fourth-order valence-corrected chi connectivity index (χ4v) is 5.66. The molecule has 1 atom stereocenters. The minimum absolute atomic E-state index is 0.0000251. The number of amidine groups is 1. The number of nitrogens with two attached hydrogens (primary N) is 1. The highest BCUT2D eigenvalue weighted by Crippen LogP contribution is 2.46. The van der Waals surface area contributed by atoms with E-state index in [4.69, 9.17) is 10.5 Å². The number of nitrogens with one attached hydrogen (secondary N) is 1. The molecule has 1 aromatic heterocycles. The first kappa shape index (κ1) is 23.4. The summed E-state index contributed by atoms with van der Waals surface area (Å²) in [7, 11) is -3.37. The van der Waals surface area contributed by atoms with Gasteiger partial charge < -0.3 is 15.4 Å². The van der Waals surface area contributed by atoms with Gasteiger partial charge in [-0.2, -0.15) is 0 Å². The Balaban J connectivity index is 1.41. The molecule has 2 aliphatic rings. The van der Waals surface area contributed by atoms with Gasteiger partial charge in [0, 0.05) is 17.6 Å². The van der Waals surface area contributed by atoms with Crippen LogP contribution in [0.25, 0.3) is 10.9 Å². The van der Waals surface area contributed by atoms with Crippen LogP contribution in [0.3, 0.4) is 0 Å². The van der Waals surface area contributed by atoms with Crippen LogP contribution in [0.1, 0.15) is 46.4 Å². The topological polar surface area (TPSA) is 133 Å². The second-order valence-corrected chi connectivity index (χ2v) is 10.5. The van der Waals surface area contributed by atoms with Crippen molar-refractivity contribution < 1.29 is 18.6 Å². The Kier molecular flexibility index (Phi) is 6.04. The maximum Gasteiger partial charge on any atom is 0.254 e. The molecule has 0 radical (unpaired) electrons. The Hall–Kier alpha value is -3.34. The maximum absolute atomic E-state index is 13.8. The number of piperidine rings is 1. The van der Waals surface area contributed by atoms with Crippen molar-refractivity contribution in [2.45, 2.75) is 39.2 Å². The van der Waals surface area contributed by atoms with E-state index in [9.17, 15) is 13.9 Å². The van der Waals surface area contributed by atoms with Crippen molar-refractivity contribution >= 4 is 39.3 Å². The number of likely N-dealkylation sites (tertiary alicyclic amines) is 1. The summed E-state index contributed by atoms with van der Waals surface area (Å²) >= 11 is 0. The number of carbonyl (C=O) groups is 1. The predicted octanol–water partition coefficient (Wildman–Crippen LogP) is 4.64. The van der Waals surface area contributed by atoms with E-state index in [1.165, 1.54) is 0 Å². The number of carbonyl (C=O) groups excluding carboxylic acids is 1. The molecule has 0 unspecified atom stereocenters. The average Bonchev–Trinajstić information content (AvgIpc) is 2.81. The monoisotopic (exact) mass is 495 g/mol. The number of rotatable bonds is 4. The van der Waals surface area contributed by atoms with E-state index in [2.05, 4.69) is 14.1 Å². The molecule has 1 amide bonds. The summed E-state index contributed by atoms with van der Waals surface area (Å²) in [6.45, 7) is 4.85. The van der Waals surface area contributed by atoms with Crippen LogP contribution in [0.15, 0.2) is 46.9 Å². The van der Waals surface area contributed by atoms with Gasteiger partial charge in [0.25, 0.3) is 5.91 Å². The minimum atomic E-state index is -3.37. The number of anilines is 1. The Morgan fingerprint density at radius 2 is 2.06 bits per heavy atom. The Bertz CT molecular complexity index is 1340. The van der Waals surface area contributed by atoms with Crippen LogP contribution in [0.5, 0.6) is 5.75 Å². The summed E-state index contributed by atoms with van der Waals surface area (Å²) in [6.07, 6.45) is 2.77. The first-order valence-corrected chi connectivity index (χ1v) is 13.1. The molecule has 5 rings (SSSR count). The predicted molar refractivity (Wildman–Crippen MR) is 139 cm³/mol. The molecular formula is C25H29N5O4S. The van der Waals surface area contributed by atoms with E-state index in [0.717, 1.165) is 41.4 Å². The smallest absolute Gasteiger partial charge is 0.254 e. The van der Waals surface area contributed by atoms with Crippen LogP contribution in [-0.4, -0.2) is 49.9 Å². The number of amides is 1. The van der Waals surface area contributed by atoms with E-state index in [-0.39, 0.29) is 24.4 Å². The second-order valence-electron chi connectivity index (χ2n) is 9.07. The van der Waals surface area contributed by atoms with Gasteiger partial charge in [0.05, 0.1) is 28.4 Å². The van der Waals surface area contributed by atoms with E-state index < -0.39 is 11.0 Å². The van der Waals surface area contributed by atoms with Crippen molar-refractivity contribution in [1.82, 2.24) is 9.88 Å². The van der Waals surface area contributed by atoms with E-state index in [1.807, 2.05) is 43.0 Å². The van der Waals surface area contributed by atoms with Crippen molar-refractivity contribution in [2.24, 2.45) is 10.1 Å². The number of ether oxygens (including phenoxy) is 1. The third-order valence-corrected chi connectivity index (χ3v) is 7.34. The highest BCUT2D eigenvalue weighted by Gasteiger charge is 2.31. The molecule has 9 nitrogen and oxygen atoms in total. The molecule has 35 heavy (non-hydrogen) atoms. The van der Waals surface area contributed by atoms with Gasteiger partial charge in [0.2, 0.25) is 0 Å². The van der Waals surface area contributed by atoms with Gasteiger partial charge in [-0.3, -0.25) is 23.6 Å². The summed E-state index contributed by atoms with van der Waals surface area (Å²) in [4.78, 5) is 20.3. The van der Waals surface area contributed by atoms with Crippen molar-refractivity contribution in [1.29, 1.82) is 0 Å². The Morgan fingerprint density at radius 1 is 1.23 bits per heavy atom. The van der Waals surface area contributed by atoms with Crippen LogP contribution in [0, 0.1) is 13.8 Å². The zero-order valence-corrected chi connectivity index (χ0v) is 20.5. The van der Waals surface area contributed by atoms with Crippen molar-refractivity contribution in [2.75, 3.05) is 17.9 Å². The number of hydrogen-bond donors (Lipinski definition) is 4. The number of fused-ring (bicyclic) bond motifs is 2. The molecule has 3 heterocycles. The number of aryl methyl sites for hydroxylation is 2. The molecule has 0 spiro atoms. The first-order chi connectivity index (χ1) is 16.7. The highest BCUT2D eigenvalue weighted by atomic mass is 32.3. The zero-order valence-electron chi connectivity index (χ0n) is 19.7. The number of benzene rings is 2. The quantitative estimate of drug-likeness (QED) is 0.414. The standard InChI is InChI=1S/C25H29N5O4S/c1-15-9-10-20-18(12-15)19(13-16(2)27-20)25(31)30-11-4-3-6-17(30)14-34-22-8-5-7-21-23(22)24(26)29-35(32,33)28-21/h5,7-10,12-13,17,28,32-33H,3-4,6,11,14H2,1-2H3,(H2,26,29)/t17-/m1/s1. The zero-order chi connectivity index (χ0) is 24.7. The highest BCUT2D eigenvalue weighted by molar-refractivity contribution is 8.24. The molecule has 10 heteroatoms. The lowest BCUT2D eigenvalue weighted by Crippen LogP contribution is -2.46. The second kappa shape index (κ2) is 9.03. The van der Waals surface area contributed by atoms with Crippen LogP contribution in [-0.2, 0) is 0 Å². The number of pyridine rings is 1. The molecule has 184 valence electrons. The molecular weight excluding hydrogens is 466 g/mol. The van der Waals surface area contributed by atoms with Gasteiger partial charge >= 0.3 is 0 Å². The van der Waals surface area contributed by atoms with Gasteiger partial charge in [0.1, 0.15) is 12.4 Å². The van der Waals surface area contributed by atoms with Gasteiger partial charge in [-0.1, -0.05) is 17.7 Å². The molecule has 1 saturated heterocycles. The minimum Gasteiger partial charge on any atom is -0.491 e. The SMILES string of the molecule is Cc1ccc2nc(C)cc(C(=O)N3CCCC[C@@H]3COc3cccc4c3C(N)=NS(O)(O)N4)c2c1.